The minimum absolute atomic E-state index is 0.348. The fourth-order valence-corrected chi connectivity index (χ4v) is 2.63. The van der Waals surface area contributed by atoms with Crippen LogP contribution >= 0.6 is 0 Å². The van der Waals surface area contributed by atoms with Crippen molar-refractivity contribution in [1.29, 1.82) is 0 Å². The highest BCUT2D eigenvalue weighted by Crippen LogP contribution is 2.25. The molecule has 7 heteroatoms. The second kappa shape index (κ2) is 8.95. The van der Waals surface area contributed by atoms with Gasteiger partial charge in [0.25, 0.3) is 0 Å². The third kappa shape index (κ3) is 5.93. The molecule has 142 valence electrons. The molecule has 0 radical (unpaired) electrons. The lowest BCUT2D eigenvalue weighted by atomic mass is 9.95. The molecule has 2 aromatic carbocycles. The van der Waals surface area contributed by atoms with Crippen molar-refractivity contribution in [3.05, 3.63) is 71.8 Å². The zero-order chi connectivity index (χ0) is 19.9. The van der Waals surface area contributed by atoms with Gasteiger partial charge in [0.15, 0.2) is 5.60 Å². The summed E-state index contributed by atoms with van der Waals surface area (Å²) in [6.07, 6.45) is -2.43. The summed E-state index contributed by atoms with van der Waals surface area (Å²) < 4.78 is 5.41. The summed E-state index contributed by atoms with van der Waals surface area (Å²) >= 11 is 0. The predicted molar refractivity (Wildman–Crippen MR) is 94.9 cm³/mol. The Bertz CT molecular complexity index is 788. The van der Waals surface area contributed by atoms with Crippen molar-refractivity contribution < 1.29 is 34.4 Å². The Kier molecular flexibility index (Phi) is 6.67. The summed E-state index contributed by atoms with van der Waals surface area (Å²) in [7, 11) is 0. The molecular weight excluding hydrogens is 352 g/mol. The normalized spacial score (nSPS) is 14.0. The minimum atomic E-state index is -2.73. The Morgan fingerprint density at radius 2 is 1.44 bits per heavy atom. The number of carboxylic acid groups (broad SMARTS) is 2. The summed E-state index contributed by atoms with van der Waals surface area (Å²) in [6.45, 7) is 0. The number of benzene rings is 2. The molecule has 0 aliphatic heterocycles. The molecule has 2 unspecified atom stereocenters. The lowest BCUT2D eigenvalue weighted by Gasteiger charge is -2.23. The number of rotatable bonds is 9. The summed E-state index contributed by atoms with van der Waals surface area (Å²) in [5.74, 6) is -4.32. The second-order valence-corrected chi connectivity index (χ2v) is 6.16. The van der Waals surface area contributed by atoms with E-state index in [0.717, 1.165) is 5.56 Å². The second-order valence-electron chi connectivity index (χ2n) is 6.16. The van der Waals surface area contributed by atoms with Gasteiger partial charge in [-0.25, -0.2) is 4.79 Å². The van der Waals surface area contributed by atoms with Crippen LogP contribution in [0.2, 0.25) is 0 Å². The number of hydrogen-bond donors (Lipinski definition) is 3. The van der Waals surface area contributed by atoms with Gasteiger partial charge in [-0.2, -0.15) is 0 Å². The quantitative estimate of drug-likeness (QED) is 0.577. The number of carbonyl (C=O) groups is 3. The SMILES string of the molecule is O=C(O)CC(O)(CC(=O)OC(Cc1ccccc1)c1ccccc1)C(=O)O. The maximum atomic E-state index is 12.3. The zero-order valence-electron chi connectivity index (χ0n) is 14.4. The lowest BCUT2D eigenvalue weighted by Crippen LogP contribution is -2.43. The summed E-state index contributed by atoms with van der Waals surface area (Å²) in [5, 5.41) is 27.9. The lowest BCUT2D eigenvalue weighted by molar-refractivity contribution is -0.173. The van der Waals surface area contributed by atoms with Gasteiger partial charge in [-0.05, 0) is 11.1 Å². The Morgan fingerprint density at radius 3 is 1.96 bits per heavy atom. The smallest absolute Gasteiger partial charge is 0.336 e. The van der Waals surface area contributed by atoms with Crippen molar-refractivity contribution in [2.24, 2.45) is 0 Å². The van der Waals surface area contributed by atoms with Gasteiger partial charge >= 0.3 is 17.9 Å². The summed E-state index contributed by atoms with van der Waals surface area (Å²) in [6, 6.07) is 18.2. The Morgan fingerprint density at radius 1 is 0.889 bits per heavy atom. The van der Waals surface area contributed by atoms with E-state index in [1.165, 1.54) is 0 Å². The van der Waals surface area contributed by atoms with Crippen LogP contribution in [-0.2, 0) is 25.5 Å². The monoisotopic (exact) mass is 372 g/mol. The minimum Gasteiger partial charge on any atom is -0.481 e. The van der Waals surface area contributed by atoms with E-state index < -0.39 is 42.5 Å². The van der Waals surface area contributed by atoms with E-state index in [4.69, 9.17) is 14.9 Å². The van der Waals surface area contributed by atoms with Crippen LogP contribution in [0.4, 0.5) is 0 Å². The standard InChI is InChI=1S/C20H20O7/c21-17(22)12-20(26,19(24)25)13-18(23)27-16(15-9-5-2-6-10-15)11-14-7-3-1-4-8-14/h1-10,16,26H,11-13H2,(H,21,22)(H,24,25). The first-order chi connectivity index (χ1) is 12.8. The van der Waals surface area contributed by atoms with Gasteiger partial charge in [0, 0.05) is 6.42 Å². The number of carboxylic acids is 2. The van der Waals surface area contributed by atoms with Crippen molar-refractivity contribution in [2.75, 3.05) is 0 Å². The molecule has 0 heterocycles. The van der Waals surface area contributed by atoms with E-state index in [0.29, 0.717) is 12.0 Å². The van der Waals surface area contributed by atoms with Crippen LogP contribution in [0.25, 0.3) is 0 Å². The first-order valence-electron chi connectivity index (χ1n) is 8.26. The summed E-state index contributed by atoms with van der Waals surface area (Å²) in [5.41, 5.74) is -1.12. The van der Waals surface area contributed by atoms with Crippen molar-refractivity contribution in [1.82, 2.24) is 0 Å². The number of aliphatic hydroxyl groups is 1. The molecule has 0 spiro atoms. The van der Waals surface area contributed by atoms with Crippen LogP contribution in [0.5, 0.6) is 0 Å². The highest BCUT2D eigenvalue weighted by atomic mass is 16.5. The van der Waals surface area contributed by atoms with Gasteiger partial charge in [-0.3, -0.25) is 9.59 Å². The Hall–Kier alpha value is -3.19. The predicted octanol–water partition coefficient (Wildman–Crippen LogP) is 2.19. The van der Waals surface area contributed by atoms with E-state index in [-0.39, 0.29) is 0 Å². The van der Waals surface area contributed by atoms with E-state index in [1.807, 2.05) is 30.3 Å². The Balaban J connectivity index is 2.17. The van der Waals surface area contributed by atoms with Crippen LogP contribution in [-0.4, -0.2) is 38.8 Å². The van der Waals surface area contributed by atoms with Crippen molar-refractivity contribution in [3.8, 4) is 0 Å². The molecular formula is C20H20O7. The first-order valence-corrected chi connectivity index (χ1v) is 8.26. The van der Waals surface area contributed by atoms with Crippen molar-refractivity contribution >= 4 is 17.9 Å². The van der Waals surface area contributed by atoms with E-state index in [9.17, 15) is 19.5 Å². The van der Waals surface area contributed by atoms with Gasteiger partial charge in [-0.1, -0.05) is 60.7 Å². The molecule has 0 aromatic heterocycles. The maximum absolute atomic E-state index is 12.3. The third-order valence-corrected chi connectivity index (χ3v) is 3.99. The summed E-state index contributed by atoms with van der Waals surface area (Å²) in [4.78, 5) is 34.3. The number of carbonyl (C=O) groups excluding carboxylic acids is 1. The molecule has 0 bridgehead atoms. The molecule has 3 N–H and O–H groups in total. The average molecular weight is 372 g/mol. The number of esters is 1. The number of ether oxygens (including phenoxy) is 1. The van der Waals surface area contributed by atoms with Crippen LogP contribution in [0.15, 0.2) is 60.7 Å². The van der Waals surface area contributed by atoms with E-state index in [1.54, 1.807) is 30.3 Å². The van der Waals surface area contributed by atoms with Gasteiger partial charge < -0.3 is 20.1 Å². The fraction of sp³-hybridized carbons (Fsp3) is 0.250. The van der Waals surface area contributed by atoms with Crippen molar-refractivity contribution in [3.63, 3.8) is 0 Å². The zero-order valence-corrected chi connectivity index (χ0v) is 14.4. The molecule has 2 aromatic rings. The van der Waals surface area contributed by atoms with Crippen LogP contribution < -0.4 is 0 Å². The van der Waals surface area contributed by atoms with E-state index in [2.05, 4.69) is 0 Å². The van der Waals surface area contributed by atoms with Gasteiger partial charge in [0.05, 0.1) is 12.8 Å². The molecule has 0 saturated heterocycles. The molecule has 0 saturated carbocycles. The molecule has 2 atom stereocenters. The van der Waals surface area contributed by atoms with Gasteiger partial charge in [-0.15, -0.1) is 0 Å². The average Bonchev–Trinajstić information content (AvgIpc) is 2.62. The van der Waals surface area contributed by atoms with Gasteiger partial charge in [0.2, 0.25) is 0 Å². The number of aliphatic carboxylic acids is 2. The largest absolute Gasteiger partial charge is 0.481 e. The fourth-order valence-electron chi connectivity index (χ4n) is 2.63. The molecule has 7 nitrogen and oxygen atoms in total. The maximum Gasteiger partial charge on any atom is 0.336 e. The Labute approximate surface area is 155 Å². The van der Waals surface area contributed by atoms with E-state index >= 15 is 0 Å². The molecule has 0 fully saturated rings. The van der Waals surface area contributed by atoms with Crippen molar-refractivity contribution in [2.45, 2.75) is 31.0 Å². The molecule has 2 rings (SSSR count). The highest BCUT2D eigenvalue weighted by molar-refractivity contribution is 5.88. The molecule has 0 amide bonds. The first kappa shape index (κ1) is 20.1. The highest BCUT2D eigenvalue weighted by Gasteiger charge is 2.42. The van der Waals surface area contributed by atoms with Crippen LogP contribution in [0.1, 0.15) is 30.1 Å². The molecule has 0 aliphatic carbocycles. The van der Waals surface area contributed by atoms with Crippen LogP contribution in [0, 0.1) is 0 Å². The molecule has 27 heavy (non-hydrogen) atoms. The molecule has 0 aliphatic rings. The topological polar surface area (TPSA) is 121 Å². The number of hydrogen-bond acceptors (Lipinski definition) is 5. The third-order valence-electron chi connectivity index (χ3n) is 3.99. The van der Waals surface area contributed by atoms with Crippen LogP contribution in [0.3, 0.4) is 0 Å². The van der Waals surface area contributed by atoms with Gasteiger partial charge in [0.1, 0.15) is 6.10 Å².